The molecule has 0 unspecified atom stereocenters. The number of hydrogen-bond donors (Lipinski definition) is 0. The van der Waals surface area contributed by atoms with Gasteiger partial charge in [0.1, 0.15) is 0 Å². The Kier molecular flexibility index (Phi) is 7.61. The predicted octanol–water partition coefficient (Wildman–Crippen LogP) is 14.0. The van der Waals surface area contributed by atoms with E-state index in [1.165, 1.54) is 75.3 Å². The van der Waals surface area contributed by atoms with E-state index < -0.39 is 0 Å². The topological polar surface area (TPSA) is 43.6 Å². The van der Waals surface area contributed by atoms with E-state index >= 15 is 0 Å². The van der Waals surface area contributed by atoms with E-state index in [2.05, 4.69) is 145 Å². The van der Waals surface area contributed by atoms with Crippen LogP contribution in [0.3, 0.4) is 0 Å². The molecule has 0 saturated carbocycles. The van der Waals surface area contributed by atoms with Gasteiger partial charge in [0.25, 0.3) is 0 Å². The van der Waals surface area contributed by atoms with Crippen molar-refractivity contribution in [2.45, 2.75) is 26.2 Å². The molecule has 0 aliphatic heterocycles. The normalized spacial score (nSPS) is 11.9. The highest BCUT2D eigenvalue weighted by molar-refractivity contribution is 7.26. The Hall–Kier alpha value is -6.21. The molecule has 0 fully saturated rings. The molecule has 262 valence electrons. The second-order valence-electron chi connectivity index (χ2n) is 14.2. The maximum Gasteiger partial charge on any atom is 0.238 e. The first-order valence-corrected chi connectivity index (χ1v) is 20.6. The number of aromatic nitrogens is 4. The summed E-state index contributed by atoms with van der Waals surface area (Å²) in [5.41, 5.74) is 7.97. The van der Waals surface area contributed by atoms with Crippen LogP contribution in [0.15, 0.2) is 152 Å². The Morgan fingerprint density at radius 3 is 2.05 bits per heavy atom. The van der Waals surface area contributed by atoms with E-state index in [1.807, 2.05) is 40.9 Å². The second-order valence-corrected chi connectivity index (χ2v) is 16.3. The monoisotopic (exact) mass is 742 g/mol. The van der Waals surface area contributed by atoms with Gasteiger partial charge in [-0.2, -0.15) is 9.97 Å². The van der Waals surface area contributed by atoms with Gasteiger partial charge in [-0.3, -0.25) is 4.57 Å². The molecule has 4 nitrogen and oxygen atoms in total. The zero-order valence-electron chi connectivity index (χ0n) is 30.2. The lowest BCUT2D eigenvalue weighted by atomic mass is 10.0. The van der Waals surface area contributed by atoms with Gasteiger partial charge in [-0.15, -0.1) is 22.7 Å². The number of thiophene rings is 2. The van der Waals surface area contributed by atoms with Crippen molar-refractivity contribution in [3.8, 4) is 39.9 Å². The largest absolute Gasteiger partial charge is 0.278 e. The summed E-state index contributed by atoms with van der Waals surface area (Å²) in [5.74, 6) is 1.94. The molecule has 0 N–H and O–H groups in total. The second kappa shape index (κ2) is 13.0. The third-order valence-electron chi connectivity index (χ3n) is 10.9. The summed E-state index contributed by atoms with van der Waals surface area (Å²) in [4.78, 5) is 15.8. The molecular formula is C49H34N4S2. The van der Waals surface area contributed by atoms with Crippen molar-refractivity contribution in [3.63, 3.8) is 0 Å². The lowest BCUT2D eigenvalue weighted by Gasteiger charge is -2.11. The van der Waals surface area contributed by atoms with Crippen molar-refractivity contribution < 1.29 is 0 Å². The summed E-state index contributed by atoms with van der Waals surface area (Å²) >= 11 is 3.70. The highest BCUT2D eigenvalue weighted by Gasteiger charge is 2.21. The standard InChI is InChI=1S/C49H34N4S2/c1-2-3-14-30-17-11-26-43-44(30)37-22-13-23-38(46(37)55-43)48-50-47(31-15-5-4-6-16-31)51-49(52-48)53-40-24-9-7-18-34(40)39-29-32(27-28-41(39)53)33-20-12-21-36-35-19-8-10-25-42(35)54-45(33)36/h4-13,15-29H,2-3,14H2,1H3. The summed E-state index contributed by atoms with van der Waals surface area (Å²) < 4.78 is 7.36. The molecular weight excluding hydrogens is 709 g/mol. The third kappa shape index (κ3) is 5.20. The van der Waals surface area contributed by atoms with Crippen molar-refractivity contribution >= 4 is 84.8 Å². The number of benzene rings is 7. The maximum absolute atomic E-state index is 5.36. The van der Waals surface area contributed by atoms with Crippen LogP contribution in [0.4, 0.5) is 0 Å². The van der Waals surface area contributed by atoms with Crippen molar-refractivity contribution in [1.29, 1.82) is 0 Å². The fourth-order valence-electron chi connectivity index (χ4n) is 8.30. The van der Waals surface area contributed by atoms with Gasteiger partial charge in [-0.25, -0.2) is 4.98 Å². The first kappa shape index (κ1) is 32.2. The van der Waals surface area contributed by atoms with Gasteiger partial charge in [-0.1, -0.05) is 129 Å². The van der Waals surface area contributed by atoms with Crippen LogP contribution < -0.4 is 0 Å². The smallest absolute Gasteiger partial charge is 0.238 e. The van der Waals surface area contributed by atoms with Gasteiger partial charge < -0.3 is 0 Å². The summed E-state index contributed by atoms with van der Waals surface area (Å²) in [6, 6.07) is 54.5. The van der Waals surface area contributed by atoms with Crippen LogP contribution in [0, 0.1) is 0 Å². The molecule has 0 bridgehead atoms. The Balaban J connectivity index is 1.14. The Bertz CT molecular complexity index is 3260. The molecule has 0 amide bonds. The van der Waals surface area contributed by atoms with Crippen molar-refractivity contribution in [3.05, 3.63) is 157 Å². The number of hydrogen-bond acceptors (Lipinski definition) is 5. The van der Waals surface area contributed by atoms with Crippen molar-refractivity contribution in [2.75, 3.05) is 0 Å². The van der Waals surface area contributed by atoms with Crippen LogP contribution >= 0.6 is 22.7 Å². The van der Waals surface area contributed by atoms with Crippen LogP contribution in [-0.2, 0) is 6.42 Å². The highest BCUT2D eigenvalue weighted by Crippen LogP contribution is 2.43. The number of fused-ring (bicyclic) bond motifs is 9. The number of aryl methyl sites for hydroxylation is 1. The Morgan fingerprint density at radius 1 is 0.491 bits per heavy atom. The average Bonchev–Trinajstić information content (AvgIpc) is 3.93. The molecule has 4 heterocycles. The van der Waals surface area contributed by atoms with Crippen molar-refractivity contribution in [1.82, 2.24) is 19.5 Å². The number of nitrogens with zero attached hydrogens (tertiary/aromatic N) is 4. The SMILES string of the molecule is CCCCc1cccc2sc3c(-c4nc(-c5ccccc5)nc(-n5c6ccccc6c6cc(-c7cccc8c7sc7ccccc78)ccc65)n4)cccc3c12. The molecule has 0 aliphatic rings. The zero-order valence-corrected chi connectivity index (χ0v) is 31.8. The van der Waals surface area contributed by atoms with Gasteiger partial charge >= 0.3 is 0 Å². The van der Waals surface area contributed by atoms with Crippen LogP contribution in [0.5, 0.6) is 0 Å². The molecule has 0 saturated heterocycles. The molecule has 7 aromatic carbocycles. The van der Waals surface area contributed by atoms with E-state index in [9.17, 15) is 0 Å². The van der Waals surface area contributed by atoms with Crippen LogP contribution in [-0.4, -0.2) is 19.5 Å². The van der Waals surface area contributed by atoms with Crippen LogP contribution in [0.1, 0.15) is 25.3 Å². The minimum Gasteiger partial charge on any atom is -0.278 e. The maximum atomic E-state index is 5.36. The molecule has 11 rings (SSSR count). The lowest BCUT2D eigenvalue weighted by Crippen LogP contribution is -2.06. The quantitative estimate of drug-likeness (QED) is 0.163. The molecule has 0 aliphatic carbocycles. The molecule has 6 heteroatoms. The van der Waals surface area contributed by atoms with E-state index in [-0.39, 0.29) is 0 Å². The molecule has 0 atom stereocenters. The molecule has 11 aromatic rings. The van der Waals surface area contributed by atoms with Gasteiger partial charge in [0.15, 0.2) is 11.6 Å². The Morgan fingerprint density at radius 2 is 1.16 bits per heavy atom. The Labute approximate surface area is 326 Å². The number of unbranched alkanes of at least 4 members (excludes halogenated alkanes) is 1. The van der Waals surface area contributed by atoms with E-state index in [0.29, 0.717) is 17.6 Å². The molecule has 0 spiro atoms. The van der Waals surface area contributed by atoms with Crippen LogP contribution in [0.25, 0.3) is 102 Å². The van der Waals surface area contributed by atoms with E-state index in [4.69, 9.17) is 15.0 Å². The molecule has 0 radical (unpaired) electrons. The highest BCUT2D eigenvalue weighted by atomic mass is 32.1. The van der Waals surface area contributed by atoms with Gasteiger partial charge in [-0.05, 0) is 65.9 Å². The van der Waals surface area contributed by atoms with E-state index in [0.717, 1.165) is 34.0 Å². The summed E-state index contributed by atoms with van der Waals surface area (Å²) in [6.07, 6.45) is 3.42. The fourth-order valence-corrected chi connectivity index (χ4v) is 10.8. The third-order valence-corrected chi connectivity index (χ3v) is 13.3. The molecule has 4 aromatic heterocycles. The fraction of sp³-hybridized carbons (Fsp3) is 0.0816. The predicted molar refractivity (Wildman–Crippen MR) is 235 cm³/mol. The average molecular weight is 743 g/mol. The minimum absolute atomic E-state index is 0.608. The number of para-hydroxylation sites is 1. The van der Waals surface area contributed by atoms with Gasteiger partial charge in [0.2, 0.25) is 5.95 Å². The number of rotatable bonds is 7. The first-order valence-electron chi connectivity index (χ1n) is 18.9. The van der Waals surface area contributed by atoms with Gasteiger partial charge in [0.05, 0.1) is 11.0 Å². The van der Waals surface area contributed by atoms with Gasteiger partial charge in [0, 0.05) is 62.2 Å². The zero-order chi connectivity index (χ0) is 36.5. The van der Waals surface area contributed by atoms with Crippen molar-refractivity contribution in [2.24, 2.45) is 0 Å². The first-order chi connectivity index (χ1) is 27.2. The van der Waals surface area contributed by atoms with E-state index in [1.54, 1.807) is 0 Å². The summed E-state index contributed by atoms with van der Waals surface area (Å²) in [5, 5.41) is 7.58. The summed E-state index contributed by atoms with van der Waals surface area (Å²) in [7, 11) is 0. The minimum atomic E-state index is 0.608. The molecule has 55 heavy (non-hydrogen) atoms. The van der Waals surface area contributed by atoms with Crippen LogP contribution in [0.2, 0.25) is 0 Å². The summed E-state index contributed by atoms with van der Waals surface area (Å²) in [6.45, 7) is 2.26. The lowest BCUT2D eigenvalue weighted by molar-refractivity contribution is 0.799.